The third-order valence-electron chi connectivity index (χ3n) is 3.26. The highest BCUT2D eigenvalue weighted by Gasteiger charge is 2.33. The van der Waals surface area contributed by atoms with Crippen LogP contribution in [-0.2, 0) is 17.5 Å². The number of aromatic nitrogens is 2. The summed E-state index contributed by atoms with van der Waals surface area (Å²) in [5, 5.41) is 15.8. The zero-order chi connectivity index (χ0) is 16.1. The molecule has 0 spiro atoms. The van der Waals surface area contributed by atoms with Crippen LogP contribution in [0.4, 0.5) is 13.2 Å². The standard InChI is InChI=1S/C13H20F3N3O2/c1-3-6-17-12(2,11(20)21)5-4-7-19-9-10(8-18-19)13(14,15)16/h8-9,17H,3-7H2,1-2H3,(H,20,21). The van der Waals surface area contributed by atoms with Gasteiger partial charge in [-0.1, -0.05) is 6.92 Å². The third kappa shape index (κ3) is 5.04. The molecule has 2 N–H and O–H groups in total. The summed E-state index contributed by atoms with van der Waals surface area (Å²) in [5.74, 6) is -0.965. The Morgan fingerprint density at radius 3 is 2.62 bits per heavy atom. The van der Waals surface area contributed by atoms with Crippen molar-refractivity contribution in [1.82, 2.24) is 15.1 Å². The fraction of sp³-hybridized carbons (Fsp3) is 0.692. The lowest BCUT2D eigenvalue weighted by Gasteiger charge is -2.26. The van der Waals surface area contributed by atoms with Gasteiger partial charge in [0.2, 0.25) is 0 Å². The van der Waals surface area contributed by atoms with Crippen LogP contribution in [0.2, 0.25) is 0 Å². The molecule has 1 aromatic rings. The molecule has 0 bridgehead atoms. The number of hydrogen-bond donors (Lipinski definition) is 2. The Balaban J connectivity index is 2.54. The summed E-state index contributed by atoms with van der Waals surface area (Å²) in [7, 11) is 0. The second kappa shape index (κ2) is 6.93. The van der Waals surface area contributed by atoms with E-state index in [1.54, 1.807) is 6.92 Å². The maximum atomic E-state index is 12.4. The first-order chi connectivity index (χ1) is 9.69. The van der Waals surface area contributed by atoms with Crippen molar-refractivity contribution in [2.75, 3.05) is 6.54 Å². The monoisotopic (exact) mass is 307 g/mol. The molecular weight excluding hydrogens is 287 g/mol. The van der Waals surface area contributed by atoms with Crippen molar-refractivity contribution in [3.63, 3.8) is 0 Å². The lowest BCUT2D eigenvalue weighted by molar-refractivity contribution is -0.144. The van der Waals surface area contributed by atoms with E-state index < -0.39 is 23.2 Å². The Morgan fingerprint density at radius 1 is 1.48 bits per heavy atom. The molecular formula is C13H20F3N3O2. The second-order valence-electron chi connectivity index (χ2n) is 5.16. The number of rotatable bonds is 8. The highest BCUT2D eigenvalue weighted by molar-refractivity contribution is 5.78. The van der Waals surface area contributed by atoms with Crippen molar-refractivity contribution in [1.29, 1.82) is 0 Å². The van der Waals surface area contributed by atoms with E-state index in [2.05, 4.69) is 10.4 Å². The number of carboxylic acids is 1. The van der Waals surface area contributed by atoms with Gasteiger partial charge in [0, 0.05) is 12.7 Å². The molecule has 0 aromatic carbocycles. The Bertz CT molecular complexity index is 473. The number of alkyl halides is 3. The highest BCUT2D eigenvalue weighted by Crippen LogP contribution is 2.28. The minimum atomic E-state index is -4.41. The first-order valence-electron chi connectivity index (χ1n) is 6.77. The van der Waals surface area contributed by atoms with E-state index in [-0.39, 0.29) is 6.54 Å². The maximum Gasteiger partial charge on any atom is 0.419 e. The first-order valence-corrected chi connectivity index (χ1v) is 6.77. The fourth-order valence-corrected chi connectivity index (χ4v) is 1.90. The molecule has 0 saturated carbocycles. The maximum absolute atomic E-state index is 12.4. The van der Waals surface area contributed by atoms with Crippen LogP contribution in [0.1, 0.15) is 38.7 Å². The number of hydrogen-bond acceptors (Lipinski definition) is 3. The van der Waals surface area contributed by atoms with Crippen molar-refractivity contribution < 1.29 is 23.1 Å². The van der Waals surface area contributed by atoms with Crippen molar-refractivity contribution in [3.8, 4) is 0 Å². The van der Waals surface area contributed by atoms with E-state index >= 15 is 0 Å². The Morgan fingerprint density at radius 2 is 2.14 bits per heavy atom. The fourth-order valence-electron chi connectivity index (χ4n) is 1.90. The lowest BCUT2D eigenvalue weighted by atomic mass is 9.95. The molecule has 21 heavy (non-hydrogen) atoms. The van der Waals surface area contributed by atoms with E-state index in [4.69, 9.17) is 0 Å². The molecule has 0 aliphatic carbocycles. The molecule has 8 heteroatoms. The Labute approximate surface area is 121 Å². The van der Waals surface area contributed by atoms with E-state index in [1.165, 1.54) is 4.68 Å². The highest BCUT2D eigenvalue weighted by atomic mass is 19.4. The van der Waals surface area contributed by atoms with Crippen molar-refractivity contribution in [2.24, 2.45) is 0 Å². The van der Waals surface area contributed by atoms with Crippen LogP contribution in [0.25, 0.3) is 0 Å². The molecule has 0 amide bonds. The number of aryl methyl sites for hydroxylation is 1. The van der Waals surface area contributed by atoms with Gasteiger partial charge in [-0.15, -0.1) is 0 Å². The summed E-state index contributed by atoms with van der Waals surface area (Å²) in [6.45, 7) is 4.32. The average molecular weight is 307 g/mol. The van der Waals surface area contributed by atoms with Crippen LogP contribution in [0.5, 0.6) is 0 Å². The van der Waals surface area contributed by atoms with Gasteiger partial charge in [-0.2, -0.15) is 18.3 Å². The number of aliphatic carboxylic acids is 1. The summed E-state index contributed by atoms with van der Waals surface area (Å²) in [5.41, 5.74) is -1.87. The van der Waals surface area contributed by atoms with Crippen LogP contribution in [0, 0.1) is 0 Å². The summed E-state index contributed by atoms with van der Waals surface area (Å²) < 4.78 is 38.4. The van der Waals surface area contributed by atoms with Gasteiger partial charge in [0.05, 0.1) is 11.8 Å². The molecule has 1 rings (SSSR count). The molecule has 0 aliphatic heterocycles. The van der Waals surface area contributed by atoms with Gasteiger partial charge >= 0.3 is 12.1 Å². The van der Waals surface area contributed by atoms with Gasteiger partial charge in [0.15, 0.2) is 0 Å². The summed E-state index contributed by atoms with van der Waals surface area (Å²) in [4.78, 5) is 11.3. The molecule has 120 valence electrons. The lowest BCUT2D eigenvalue weighted by Crippen LogP contribution is -2.49. The van der Waals surface area contributed by atoms with E-state index in [0.717, 1.165) is 18.8 Å². The zero-order valence-corrected chi connectivity index (χ0v) is 12.1. The van der Waals surface area contributed by atoms with Crippen LogP contribution >= 0.6 is 0 Å². The van der Waals surface area contributed by atoms with Crippen LogP contribution in [0.15, 0.2) is 12.4 Å². The zero-order valence-electron chi connectivity index (χ0n) is 12.1. The number of nitrogens with zero attached hydrogens (tertiary/aromatic N) is 2. The Hall–Kier alpha value is -1.57. The molecule has 1 atom stereocenters. The molecule has 0 radical (unpaired) electrons. The minimum Gasteiger partial charge on any atom is -0.480 e. The van der Waals surface area contributed by atoms with Gasteiger partial charge in [-0.25, -0.2) is 0 Å². The molecule has 5 nitrogen and oxygen atoms in total. The predicted molar refractivity (Wildman–Crippen MR) is 70.8 cm³/mol. The van der Waals surface area contributed by atoms with Crippen molar-refractivity contribution in [3.05, 3.63) is 18.0 Å². The molecule has 1 heterocycles. The van der Waals surface area contributed by atoms with Crippen LogP contribution in [-0.4, -0.2) is 32.9 Å². The summed E-state index contributed by atoms with van der Waals surface area (Å²) in [6, 6.07) is 0. The number of nitrogens with one attached hydrogen (secondary N) is 1. The van der Waals surface area contributed by atoms with Gasteiger partial charge < -0.3 is 10.4 Å². The van der Waals surface area contributed by atoms with Crippen molar-refractivity contribution >= 4 is 5.97 Å². The largest absolute Gasteiger partial charge is 0.480 e. The van der Waals surface area contributed by atoms with Gasteiger partial charge in [-0.05, 0) is 32.7 Å². The second-order valence-corrected chi connectivity index (χ2v) is 5.16. The number of carbonyl (C=O) groups is 1. The molecule has 1 aromatic heterocycles. The topological polar surface area (TPSA) is 67.2 Å². The van der Waals surface area contributed by atoms with E-state index in [9.17, 15) is 23.1 Å². The average Bonchev–Trinajstić information content (AvgIpc) is 2.85. The third-order valence-corrected chi connectivity index (χ3v) is 3.26. The minimum absolute atomic E-state index is 0.243. The van der Waals surface area contributed by atoms with Crippen LogP contribution < -0.4 is 5.32 Å². The first kappa shape index (κ1) is 17.5. The van der Waals surface area contributed by atoms with Gasteiger partial charge in [0.25, 0.3) is 0 Å². The normalized spacial score (nSPS) is 14.9. The van der Waals surface area contributed by atoms with Crippen LogP contribution in [0.3, 0.4) is 0 Å². The van der Waals surface area contributed by atoms with Crippen molar-refractivity contribution in [2.45, 2.75) is 51.4 Å². The molecule has 0 saturated heterocycles. The number of carboxylic acid groups (broad SMARTS) is 1. The smallest absolute Gasteiger partial charge is 0.419 e. The van der Waals surface area contributed by atoms with E-state index in [0.29, 0.717) is 19.4 Å². The predicted octanol–water partition coefficient (Wildman–Crippen LogP) is 2.53. The summed E-state index contributed by atoms with van der Waals surface area (Å²) >= 11 is 0. The molecule has 1 unspecified atom stereocenters. The van der Waals surface area contributed by atoms with Gasteiger partial charge in [-0.3, -0.25) is 9.48 Å². The quantitative estimate of drug-likeness (QED) is 0.774. The SMILES string of the molecule is CCCNC(C)(CCCn1cc(C(F)(F)F)cn1)C(=O)O. The Kier molecular flexibility index (Phi) is 5.77. The molecule has 0 aliphatic rings. The number of halogens is 3. The molecule has 0 fully saturated rings. The van der Waals surface area contributed by atoms with E-state index in [1.807, 2.05) is 6.92 Å². The summed E-state index contributed by atoms with van der Waals surface area (Å²) in [6.07, 6.45) is -1.18. The van der Waals surface area contributed by atoms with Gasteiger partial charge in [0.1, 0.15) is 5.54 Å².